The maximum absolute atomic E-state index is 10.5. The van der Waals surface area contributed by atoms with E-state index in [1.165, 1.54) is 0 Å². The van der Waals surface area contributed by atoms with Crippen LogP contribution < -0.4 is 5.73 Å². The van der Waals surface area contributed by atoms with Crippen molar-refractivity contribution in [2.24, 2.45) is 5.73 Å². The number of carbonyl (C=O) groups is 1. The summed E-state index contributed by atoms with van der Waals surface area (Å²) in [6, 6.07) is 9.46. The zero-order chi connectivity index (χ0) is 12.3. The molecule has 0 fully saturated rings. The molecule has 1 unspecified atom stereocenters. The number of nitrogens with two attached hydrogens (primary N) is 1. The molecule has 0 aliphatic rings. The molecule has 0 bridgehead atoms. The first kappa shape index (κ1) is 11.5. The lowest BCUT2D eigenvalue weighted by atomic mass is 10.0. The van der Waals surface area contributed by atoms with Crippen LogP contribution in [0.1, 0.15) is 24.4 Å². The summed E-state index contributed by atoms with van der Waals surface area (Å²) in [5.74, 6) is -0.825. The summed E-state index contributed by atoms with van der Waals surface area (Å²) in [6.07, 6.45) is 2.22. The molecule has 1 aromatic heterocycles. The van der Waals surface area contributed by atoms with Crippen LogP contribution in [0.15, 0.2) is 36.5 Å². The highest BCUT2D eigenvalue weighted by Crippen LogP contribution is 2.19. The molecule has 0 amide bonds. The summed E-state index contributed by atoms with van der Waals surface area (Å²) in [5.41, 5.74) is 7.73. The van der Waals surface area contributed by atoms with Gasteiger partial charge in [0.15, 0.2) is 0 Å². The van der Waals surface area contributed by atoms with Crippen molar-refractivity contribution >= 4 is 16.9 Å². The molecule has 0 radical (unpaired) electrons. The van der Waals surface area contributed by atoms with E-state index in [0.29, 0.717) is 6.42 Å². The van der Waals surface area contributed by atoms with Crippen molar-refractivity contribution in [1.82, 2.24) is 4.98 Å². The van der Waals surface area contributed by atoms with Crippen LogP contribution in [0.3, 0.4) is 0 Å². The molecular weight excluding hydrogens is 216 g/mol. The maximum Gasteiger partial charge on any atom is 0.303 e. The topological polar surface area (TPSA) is 76.2 Å². The van der Waals surface area contributed by atoms with Crippen molar-refractivity contribution in [3.63, 3.8) is 0 Å². The number of nitrogens with zero attached hydrogens (tertiary/aromatic N) is 1. The summed E-state index contributed by atoms with van der Waals surface area (Å²) >= 11 is 0. The standard InChI is InChI=1S/C13H14N2O2/c14-11(5-6-13(16)17)10-7-9-3-1-2-4-12(9)15-8-10/h1-4,7-8,11H,5-6,14H2,(H,16,17). The van der Waals surface area contributed by atoms with Crippen LogP contribution in [0.2, 0.25) is 0 Å². The molecule has 3 N–H and O–H groups in total. The molecule has 1 aromatic carbocycles. The molecule has 0 aliphatic carbocycles. The van der Waals surface area contributed by atoms with Crippen molar-refractivity contribution in [1.29, 1.82) is 0 Å². The Morgan fingerprint density at radius 3 is 2.94 bits per heavy atom. The predicted molar refractivity (Wildman–Crippen MR) is 65.5 cm³/mol. The minimum atomic E-state index is -0.825. The van der Waals surface area contributed by atoms with Gasteiger partial charge in [-0.2, -0.15) is 0 Å². The molecule has 1 heterocycles. The van der Waals surface area contributed by atoms with Crippen LogP contribution in [0.5, 0.6) is 0 Å². The molecule has 0 spiro atoms. The van der Waals surface area contributed by atoms with Gasteiger partial charge in [0.05, 0.1) is 5.52 Å². The van der Waals surface area contributed by atoms with Crippen LogP contribution in [-0.2, 0) is 4.79 Å². The first-order valence-electron chi connectivity index (χ1n) is 5.49. The third-order valence-electron chi connectivity index (χ3n) is 2.71. The van der Waals surface area contributed by atoms with Crippen molar-refractivity contribution in [2.45, 2.75) is 18.9 Å². The first-order valence-corrected chi connectivity index (χ1v) is 5.49. The fourth-order valence-corrected chi connectivity index (χ4v) is 1.74. The second kappa shape index (κ2) is 4.93. The number of hydrogen-bond donors (Lipinski definition) is 2. The fraction of sp³-hybridized carbons (Fsp3) is 0.231. The van der Waals surface area contributed by atoms with Crippen LogP contribution in [-0.4, -0.2) is 16.1 Å². The largest absolute Gasteiger partial charge is 0.481 e. The molecule has 4 heteroatoms. The summed E-state index contributed by atoms with van der Waals surface area (Å²) in [4.78, 5) is 14.8. The van der Waals surface area contributed by atoms with Gasteiger partial charge in [0, 0.05) is 24.0 Å². The van der Waals surface area contributed by atoms with Crippen LogP contribution >= 0.6 is 0 Å². The Morgan fingerprint density at radius 1 is 1.41 bits per heavy atom. The van der Waals surface area contributed by atoms with E-state index < -0.39 is 5.97 Å². The molecule has 0 saturated carbocycles. The number of aliphatic carboxylic acids is 1. The number of aromatic nitrogens is 1. The van der Waals surface area contributed by atoms with Gasteiger partial charge in [0.1, 0.15) is 0 Å². The summed E-state index contributed by atoms with van der Waals surface area (Å²) in [6.45, 7) is 0. The number of carboxylic acid groups (broad SMARTS) is 1. The summed E-state index contributed by atoms with van der Waals surface area (Å²) in [7, 11) is 0. The van der Waals surface area contributed by atoms with Crippen LogP contribution in [0, 0.1) is 0 Å². The monoisotopic (exact) mass is 230 g/mol. The van der Waals surface area contributed by atoms with E-state index in [-0.39, 0.29) is 12.5 Å². The summed E-state index contributed by atoms with van der Waals surface area (Å²) in [5, 5.41) is 9.63. The average Bonchev–Trinajstić information content (AvgIpc) is 2.35. The van der Waals surface area contributed by atoms with Gasteiger partial charge >= 0.3 is 5.97 Å². The SMILES string of the molecule is NC(CCC(=O)O)c1cnc2ccccc2c1. The number of rotatable bonds is 4. The molecule has 17 heavy (non-hydrogen) atoms. The van der Waals surface area contributed by atoms with E-state index in [1.54, 1.807) is 6.20 Å². The average molecular weight is 230 g/mol. The van der Waals surface area contributed by atoms with E-state index in [0.717, 1.165) is 16.5 Å². The number of benzene rings is 1. The van der Waals surface area contributed by atoms with Gasteiger partial charge in [0.2, 0.25) is 0 Å². The minimum absolute atomic E-state index is 0.0774. The lowest BCUT2D eigenvalue weighted by Crippen LogP contribution is -2.12. The number of pyridine rings is 1. The van der Waals surface area contributed by atoms with Crippen LogP contribution in [0.4, 0.5) is 0 Å². The zero-order valence-electron chi connectivity index (χ0n) is 9.34. The molecule has 1 atom stereocenters. The van der Waals surface area contributed by atoms with E-state index in [1.807, 2.05) is 30.3 Å². The van der Waals surface area contributed by atoms with E-state index in [4.69, 9.17) is 10.8 Å². The predicted octanol–water partition coefficient (Wildman–Crippen LogP) is 2.10. The highest BCUT2D eigenvalue weighted by Gasteiger charge is 2.09. The molecule has 2 aromatic rings. The number of fused-ring (bicyclic) bond motifs is 1. The fourth-order valence-electron chi connectivity index (χ4n) is 1.74. The van der Waals surface area contributed by atoms with Gasteiger partial charge in [-0.05, 0) is 24.1 Å². The minimum Gasteiger partial charge on any atom is -0.481 e. The normalized spacial score (nSPS) is 12.5. The molecule has 0 saturated heterocycles. The third-order valence-corrected chi connectivity index (χ3v) is 2.71. The molecular formula is C13H14N2O2. The third kappa shape index (κ3) is 2.79. The van der Waals surface area contributed by atoms with Crippen molar-refractivity contribution < 1.29 is 9.90 Å². The van der Waals surface area contributed by atoms with Gasteiger partial charge in [-0.3, -0.25) is 9.78 Å². The second-order valence-electron chi connectivity index (χ2n) is 4.00. The Balaban J connectivity index is 2.20. The highest BCUT2D eigenvalue weighted by atomic mass is 16.4. The molecule has 4 nitrogen and oxygen atoms in total. The quantitative estimate of drug-likeness (QED) is 0.843. The van der Waals surface area contributed by atoms with Gasteiger partial charge in [-0.25, -0.2) is 0 Å². The van der Waals surface area contributed by atoms with E-state index >= 15 is 0 Å². The summed E-state index contributed by atoms with van der Waals surface area (Å²) < 4.78 is 0. The Labute approximate surface area is 99.1 Å². The van der Waals surface area contributed by atoms with Gasteiger partial charge in [-0.15, -0.1) is 0 Å². The van der Waals surface area contributed by atoms with Crippen molar-refractivity contribution in [2.75, 3.05) is 0 Å². The van der Waals surface area contributed by atoms with Gasteiger partial charge in [-0.1, -0.05) is 18.2 Å². The van der Waals surface area contributed by atoms with Gasteiger partial charge in [0.25, 0.3) is 0 Å². The highest BCUT2D eigenvalue weighted by molar-refractivity contribution is 5.78. The number of para-hydroxylation sites is 1. The zero-order valence-corrected chi connectivity index (χ0v) is 9.34. The number of carboxylic acids is 1. The first-order chi connectivity index (χ1) is 8.16. The number of hydrogen-bond acceptors (Lipinski definition) is 3. The van der Waals surface area contributed by atoms with E-state index in [9.17, 15) is 4.79 Å². The van der Waals surface area contributed by atoms with Gasteiger partial charge < -0.3 is 10.8 Å². The van der Waals surface area contributed by atoms with Crippen LogP contribution in [0.25, 0.3) is 10.9 Å². The van der Waals surface area contributed by atoms with E-state index in [2.05, 4.69) is 4.98 Å². The Kier molecular flexibility index (Phi) is 3.35. The molecule has 88 valence electrons. The molecule has 2 rings (SSSR count). The van der Waals surface area contributed by atoms with Crippen molar-refractivity contribution in [3.8, 4) is 0 Å². The maximum atomic E-state index is 10.5. The Morgan fingerprint density at radius 2 is 2.18 bits per heavy atom. The van der Waals surface area contributed by atoms with Crippen molar-refractivity contribution in [3.05, 3.63) is 42.1 Å². The molecule has 0 aliphatic heterocycles. The lowest BCUT2D eigenvalue weighted by Gasteiger charge is -2.10. The smallest absolute Gasteiger partial charge is 0.303 e. The lowest BCUT2D eigenvalue weighted by molar-refractivity contribution is -0.137. The Bertz CT molecular complexity index is 540. The second-order valence-corrected chi connectivity index (χ2v) is 4.00. The Hall–Kier alpha value is -1.94.